The number of aromatic nitrogens is 2. The van der Waals surface area contributed by atoms with E-state index in [0.717, 1.165) is 24.2 Å². The van der Waals surface area contributed by atoms with Gasteiger partial charge in [-0.2, -0.15) is 0 Å². The second kappa shape index (κ2) is 7.72. The first kappa shape index (κ1) is 15.4. The molecule has 1 aliphatic carbocycles. The summed E-state index contributed by atoms with van der Waals surface area (Å²) in [6, 6.07) is 2.50. The van der Waals surface area contributed by atoms with Crippen LogP contribution in [-0.2, 0) is 0 Å². The second-order valence-electron chi connectivity index (χ2n) is 6.16. The molecule has 3 atom stereocenters. The maximum Gasteiger partial charge on any atom is 0.125 e. The molecule has 1 fully saturated rings. The number of nitrogens with zero attached hydrogens (tertiary/aromatic N) is 2. The van der Waals surface area contributed by atoms with E-state index in [0.29, 0.717) is 6.04 Å². The Hall–Kier alpha value is -0.960. The Morgan fingerprint density at radius 1 is 1.35 bits per heavy atom. The molecule has 0 aromatic carbocycles. The van der Waals surface area contributed by atoms with Crippen LogP contribution in [0.5, 0.6) is 0 Å². The van der Waals surface area contributed by atoms with E-state index in [4.69, 9.17) is 0 Å². The number of hydrogen-bond acceptors (Lipinski definition) is 3. The standard InChI is InChI=1S/C17H29N3/c1-4-10-19-17(16-9-11-18-13(3)20-16)15-8-6-7-14(5-2)12-15/h9,11,14-15,17,19H,4-8,10,12H2,1-3H3. The Bertz CT molecular complexity index is 405. The number of nitrogens with one attached hydrogen (secondary N) is 1. The summed E-state index contributed by atoms with van der Waals surface area (Å²) in [5, 5.41) is 3.74. The maximum atomic E-state index is 4.68. The van der Waals surface area contributed by atoms with Crippen LogP contribution in [0.15, 0.2) is 12.3 Å². The molecule has 3 unspecified atom stereocenters. The molecule has 1 aromatic rings. The summed E-state index contributed by atoms with van der Waals surface area (Å²) in [6.07, 6.45) is 9.86. The third kappa shape index (κ3) is 4.02. The van der Waals surface area contributed by atoms with Gasteiger partial charge in [0.15, 0.2) is 0 Å². The minimum absolute atomic E-state index is 0.408. The Kier molecular flexibility index (Phi) is 5.96. The van der Waals surface area contributed by atoms with Crippen molar-refractivity contribution in [3.8, 4) is 0 Å². The molecule has 0 aliphatic heterocycles. The van der Waals surface area contributed by atoms with Crippen LogP contribution in [0.4, 0.5) is 0 Å². The van der Waals surface area contributed by atoms with Gasteiger partial charge in [0.2, 0.25) is 0 Å². The molecule has 0 saturated heterocycles. The van der Waals surface area contributed by atoms with Crippen LogP contribution in [0, 0.1) is 18.8 Å². The monoisotopic (exact) mass is 275 g/mol. The molecule has 0 radical (unpaired) electrons. The van der Waals surface area contributed by atoms with Crippen molar-refractivity contribution < 1.29 is 0 Å². The molecule has 0 bridgehead atoms. The minimum Gasteiger partial charge on any atom is -0.308 e. The van der Waals surface area contributed by atoms with Gasteiger partial charge in [-0.15, -0.1) is 0 Å². The Morgan fingerprint density at radius 3 is 2.90 bits per heavy atom. The lowest BCUT2D eigenvalue weighted by molar-refractivity contribution is 0.207. The van der Waals surface area contributed by atoms with Crippen LogP contribution < -0.4 is 5.32 Å². The van der Waals surface area contributed by atoms with Crippen molar-refractivity contribution in [2.45, 2.75) is 65.3 Å². The SMILES string of the molecule is CCCNC(c1ccnc(C)n1)C1CCCC(CC)C1. The average molecular weight is 275 g/mol. The zero-order valence-corrected chi connectivity index (χ0v) is 13.2. The first-order chi connectivity index (χ1) is 9.74. The van der Waals surface area contributed by atoms with E-state index in [1.165, 1.54) is 44.2 Å². The van der Waals surface area contributed by atoms with Gasteiger partial charge < -0.3 is 5.32 Å². The highest BCUT2D eigenvalue weighted by atomic mass is 15.0. The van der Waals surface area contributed by atoms with Crippen LogP contribution in [0.25, 0.3) is 0 Å². The normalized spacial score (nSPS) is 24.6. The highest BCUT2D eigenvalue weighted by molar-refractivity contribution is 5.09. The molecular formula is C17H29N3. The molecule has 0 amide bonds. The van der Waals surface area contributed by atoms with Gasteiger partial charge in [-0.25, -0.2) is 9.97 Å². The van der Waals surface area contributed by atoms with Crippen molar-refractivity contribution in [2.24, 2.45) is 11.8 Å². The lowest BCUT2D eigenvalue weighted by Crippen LogP contribution is -2.33. The second-order valence-corrected chi connectivity index (χ2v) is 6.16. The average Bonchev–Trinajstić information content (AvgIpc) is 2.48. The lowest BCUT2D eigenvalue weighted by atomic mass is 9.76. The molecule has 1 heterocycles. The van der Waals surface area contributed by atoms with Gasteiger partial charge in [0, 0.05) is 6.20 Å². The largest absolute Gasteiger partial charge is 0.308 e. The van der Waals surface area contributed by atoms with Crippen molar-refractivity contribution in [3.63, 3.8) is 0 Å². The summed E-state index contributed by atoms with van der Waals surface area (Å²) >= 11 is 0. The van der Waals surface area contributed by atoms with E-state index in [1.807, 2.05) is 13.1 Å². The van der Waals surface area contributed by atoms with E-state index in [9.17, 15) is 0 Å². The molecule has 2 rings (SSSR count). The highest BCUT2D eigenvalue weighted by Gasteiger charge is 2.29. The van der Waals surface area contributed by atoms with Crippen molar-refractivity contribution in [1.29, 1.82) is 0 Å². The van der Waals surface area contributed by atoms with E-state index in [1.54, 1.807) is 0 Å². The smallest absolute Gasteiger partial charge is 0.125 e. The summed E-state index contributed by atoms with van der Waals surface area (Å²) in [4.78, 5) is 8.92. The molecule has 1 N–H and O–H groups in total. The van der Waals surface area contributed by atoms with E-state index < -0.39 is 0 Å². The number of hydrogen-bond donors (Lipinski definition) is 1. The maximum absolute atomic E-state index is 4.68. The molecule has 112 valence electrons. The van der Waals surface area contributed by atoms with Crippen molar-refractivity contribution in [3.05, 3.63) is 23.8 Å². The predicted molar refractivity (Wildman–Crippen MR) is 83.5 cm³/mol. The van der Waals surface area contributed by atoms with E-state index >= 15 is 0 Å². The van der Waals surface area contributed by atoms with Crippen molar-refractivity contribution in [2.75, 3.05) is 6.54 Å². The zero-order chi connectivity index (χ0) is 14.4. The summed E-state index contributed by atoms with van der Waals surface area (Å²) in [5.41, 5.74) is 1.19. The van der Waals surface area contributed by atoms with Crippen molar-refractivity contribution >= 4 is 0 Å². The summed E-state index contributed by atoms with van der Waals surface area (Å²) < 4.78 is 0. The summed E-state index contributed by atoms with van der Waals surface area (Å²) in [7, 11) is 0. The van der Waals surface area contributed by atoms with Crippen LogP contribution in [0.1, 0.15) is 69.9 Å². The van der Waals surface area contributed by atoms with Gasteiger partial charge in [-0.1, -0.05) is 33.1 Å². The molecule has 1 aromatic heterocycles. The first-order valence-corrected chi connectivity index (χ1v) is 8.27. The Labute approximate surface area is 123 Å². The van der Waals surface area contributed by atoms with Gasteiger partial charge in [-0.3, -0.25) is 0 Å². The summed E-state index contributed by atoms with van der Waals surface area (Å²) in [5.74, 6) is 2.52. The first-order valence-electron chi connectivity index (χ1n) is 8.27. The number of aryl methyl sites for hydroxylation is 1. The third-order valence-electron chi connectivity index (χ3n) is 4.60. The van der Waals surface area contributed by atoms with Gasteiger partial charge >= 0.3 is 0 Å². The molecule has 1 aliphatic rings. The van der Waals surface area contributed by atoms with Crippen LogP contribution in [0.2, 0.25) is 0 Å². The van der Waals surface area contributed by atoms with Crippen molar-refractivity contribution in [1.82, 2.24) is 15.3 Å². The molecule has 20 heavy (non-hydrogen) atoms. The predicted octanol–water partition coefficient (Wildman–Crippen LogP) is 4.04. The zero-order valence-electron chi connectivity index (χ0n) is 13.2. The van der Waals surface area contributed by atoms with Gasteiger partial charge in [0.05, 0.1) is 11.7 Å². The Balaban J connectivity index is 2.14. The lowest BCUT2D eigenvalue weighted by Gasteiger charge is -2.34. The van der Waals surface area contributed by atoms with Crippen LogP contribution >= 0.6 is 0 Å². The molecule has 3 heteroatoms. The van der Waals surface area contributed by atoms with Gasteiger partial charge in [-0.05, 0) is 50.6 Å². The fraction of sp³-hybridized carbons (Fsp3) is 0.765. The highest BCUT2D eigenvalue weighted by Crippen LogP contribution is 2.37. The molecule has 0 spiro atoms. The number of rotatable bonds is 6. The van der Waals surface area contributed by atoms with E-state index in [2.05, 4.69) is 35.2 Å². The quantitative estimate of drug-likeness (QED) is 0.851. The molecule has 3 nitrogen and oxygen atoms in total. The Morgan fingerprint density at radius 2 is 2.20 bits per heavy atom. The summed E-state index contributed by atoms with van der Waals surface area (Å²) in [6.45, 7) is 7.61. The molecular weight excluding hydrogens is 246 g/mol. The van der Waals surface area contributed by atoms with E-state index in [-0.39, 0.29) is 0 Å². The fourth-order valence-corrected chi connectivity index (χ4v) is 3.47. The topological polar surface area (TPSA) is 37.8 Å². The minimum atomic E-state index is 0.408. The van der Waals surface area contributed by atoms with Gasteiger partial charge in [0.25, 0.3) is 0 Å². The third-order valence-corrected chi connectivity index (χ3v) is 4.60. The fourth-order valence-electron chi connectivity index (χ4n) is 3.47. The molecule has 1 saturated carbocycles. The van der Waals surface area contributed by atoms with Crippen LogP contribution in [0.3, 0.4) is 0 Å². The van der Waals surface area contributed by atoms with Gasteiger partial charge in [0.1, 0.15) is 5.82 Å². The van der Waals surface area contributed by atoms with Crippen LogP contribution in [-0.4, -0.2) is 16.5 Å².